The number of carbonyl (C=O) groups is 1. The molecule has 0 aliphatic carbocycles. The number of halogens is 1. The van der Waals surface area contributed by atoms with Crippen LogP contribution in [0.4, 0.5) is 10.1 Å². The molecule has 0 saturated heterocycles. The lowest BCUT2D eigenvalue weighted by Crippen LogP contribution is -2.36. The average molecular weight is 363 g/mol. The van der Waals surface area contributed by atoms with E-state index in [2.05, 4.69) is 10.4 Å². The number of carbonyl (C=O) groups excluding carboxylic acids is 1. The van der Waals surface area contributed by atoms with Crippen molar-refractivity contribution >= 4 is 11.6 Å². The number of nitrogens with zero attached hydrogens (tertiary/aromatic N) is 4. The van der Waals surface area contributed by atoms with E-state index in [1.54, 1.807) is 19.1 Å². The zero-order valence-electron chi connectivity index (χ0n) is 15.2. The van der Waals surface area contributed by atoms with E-state index in [0.29, 0.717) is 5.69 Å². The van der Waals surface area contributed by atoms with Gasteiger partial charge in [0, 0.05) is 6.54 Å². The zero-order valence-corrected chi connectivity index (χ0v) is 15.2. The lowest BCUT2D eigenvalue weighted by Gasteiger charge is -2.25. The number of aryl methyl sites for hydroxylation is 1. The number of hydrogen-bond acceptors (Lipinski definition) is 5. The molecule has 0 radical (unpaired) electrons. The summed E-state index contributed by atoms with van der Waals surface area (Å²) < 4.78 is 14.8. The van der Waals surface area contributed by atoms with Gasteiger partial charge in [-0.1, -0.05) is 12.1 Å². The van der Waals surface area contributed by atoms with E-state index in [-0.39, 0.29) is 42.2 Å². The Labute approximate surface area is 150 Å². The smallest absolute Gasteiger partial charge is 0.312 e. The predicted octanol–water partition coefficient (Wildman–Crippen LogP) is 1.97. The predicted molar refractivity (Wildman–Crippen MR) is 94.2 cm³/mol. The molecule has 9 heteroatoms. The fourth-order valence-electron chi connectivity index (χ4n) is 2.82. The molecule has 8 nitrogen and oxygen atoms in total. The third-order valence-electron chi connectivity index (χ3n) is 4.17. The maximum atomic E-state index is 13.5. The Morgan fingerprint density at radius 3 is 2.65 bits per heavy atom. The molecule has 1 aromatic carbocycles. The molecule has 0 aliphatic heterocycles. The highest BCUT2D eigenvalue weighted by atomic mass is 19.1. The van der Waals surface area contributed by atoms with Crippen LogP contribution >= 0.6 is 0 Å². The van der Waals surface area contributed by atoms with Gasteiger partial charge in [0.1, 0.15) is 23.7 Å². The Balaban J connectivity index is 2.05. The average Bonchev–Trinajstić information content (AvgIpc) is 2.81. The quantitative estimate of drug-likeness (QED) is 0.600. The Kier molecular flexibility index (Phi) is 6.04. The number of likely N-dealkylation sites (N-methyl/N-ethyl adjacent to an activating group) is 1. The summed E-state index contributed by atoms with van der Waals surface area (Å²) >= 11 is 0. The van der Waals surface area contributed by atoms with Gasteiger partial charge in [0.15, 0.2) is 0 Å². The molecular formula is C17H22FN5O3. The monoisotopic (exact) mass is 363 g/mol. The van der Waals surface area contributed by atoms with Gasteiger partial charge in [0.2, 0.25) is 5.91 Å². The van der Waals surface area contributed by atoms with E-state index in [4.69, 9.17) is 0 Å². The van der Waals surface area contributed by atoms with E-state index in [0.717, 1.165) is 5.56 Å². The van der Waals surface area contributed by atoms with Crippen LogP contribution in [0.5, 0.6) is 0 Å². The van der Waals surface area contributed by atoms with E-state index in [1.807, 2.05) is 19.0 Å². The molecule has 26 heavy (non-hydrogen) atoms. The molecular weight excluding hydrogens is 341 g/mol. The Morgan fingerprint density at radius 2 is 2.12 bits per heavy atom. The van der Waals surface area contributed by atoms with Crippen molar-refractivity contribution in [3.8, 4) is 0 Å². The third kappa shape index (κ3) is 4.42. The first-order valence-corrected chi connectivity index (χ1v) is 8.07. The summed E-state index contributed by atoms with van der Waals surface area (Å²) in [5.41, 5.74) is 1.27. The molecule has 1 atom stereocenters. The minimum Gasteiger partial charge on any atom is -0.353 e. The number of hydrogen-bond donors (Lipinski definition) is 1. The van der Waals surface area contributed by atoms with E-state index < -0.39 is 4.92 Å². The highest BCUT2D eigenvalue weighted by Gasteiger charge is 2.23. The Bertz CT molecular complexity index is 819. The summed E-state index contributed by atoms with van der Waals surface area (Å²) in [6, 6.07) is 6.01. The van der Waals surface area contributed by atoms with Gasteiger partial charge < -0.3 is 10.2 Å². The van der Waals surface area contributed by atoms with Gasteiger partial charge >= 0.3 is 5.69 Å². The first kappa shape index (κ1) is 19.5. The van der Waals surface area contributed by atoms with Crippen molar-refractivity contribution in [2.45, 2.75) is 26.4 Å². The summed E-state index contributed by atoms with van der Waals surface area (Å²) in [6.45, 7) is 3.24. The molecule has 0 spiro atoms. The standard InChI is InChI=1S/C17H22FN5O3/c1-11-17(23(25)26)12(2)22(20-11)10-16(24)19-9-15(21(3)4)13-6-5-7-14(18)8-13/h5-8,15H,9-10H2,1-4H3,(H,19,24). The SMILES string of the molecule is Cc1nn(CC(=O)NCC(c2cccc(F)c2)N(C)C)c(C)c1[N+](=O)[O-]. The van der Waals surface area contributed by atoms with E-state index in [1.165, 1.54) is 23.7 Å². The molecule has 1 aromatic heterocycles. The number of amides is 1. The molecule has 0 aliphatic rings. The summed E-state index contributed by atoms with van der Waals surface area (Å²) in [5, 5.41) is 17.9. The molecule has 1 amide bonds. The van der Waals surface area contributed by atoms with Gasteiger partial charge in [-0.05, 0) is 45.6 Å². The lowest BCUT2D eigenvalue weighted by molar-refractivity contribution is -0.386. The number of aromatic nitrogens is 2. The lowest BCUT2D eigenvalue weighted by atomic mass is 10.1. The number of rotatable bonds is 7. The highest BCUT2D eigenvalue weighted by Crippen LogP contribution is 2.22. The second-order valence-corrected chi connectivity index (χ2v) is 6.27. The fourth-order valence-corrected chi connectivity index (χ4v) is 2.82. The normalized spacial score (nSPS) is 12.2. The topological polar surface area (TPSA) is 93.3 Å². The number of benzene rings is 1. The van der Waals surface area contributed by atoms with Crippen molar-refractivity contribution in [2.75, 3.05) is 20.6 Å². The Morgan fingerprint density at radius 1 is 1.42 bits per heavy atom. The molecule has 1 unspecified atom stereocenters. The number of nitro groups is 1. The minimum atomic E-state index is -0.502. The van der Waals surface area contributed by atoms with Crippen LogP contribution in [-0.2, 0) is 11.3 Å². The summed E-state index contributed by atoms with van der Waals surface area (Å²) in [4.78, 5) is 24.7. The molecule has 0 fully saturated rings. The molecule has 0 saturated carbocycles. The summed E-state index contributed by atoms with van der Waals surface area (Å²) in [7, 11) is 3.68. The van der Waals surface area contributed by atoms with Gasteiger partial charge in [-0.25, -0.2) is 4.39 Å². The molecule has 2 rings (SSSR count). The third-order valence-corrected chi connectivity index (χ3v) is 4.17. The van der Waals surface area contributed by atoms with E-state index in [9.17, 15) is 19.3 Å². The number of nitrogens with one attached hydrogen (secondary N) is 1. The van der Waals surface area contributed by atoms with Gasteiger partial charge in [-0.3, -0.25) is 19.6 Å². The van der Waals surface area contributed by atoms with Crippen molar-refractivity contribution in [1.82, 2.24) is 20.0 Å². The minimum absolute atomic E-state index is 0.0799. The summed E-state index contributed by atoms with van der Waals surface area (Å²) in [5.74, 6) is -0.663. The van der Waals surface area contributed by atoms with Crippen LogP contribution in [0.1, 0.15) is 23.0 Å². The fraction of sp³-hybridized carbons (Fsp3) is 0.412. The van der Waals surface area contributed by atoms with Crippen LogP contribution in [0.2, 0.25) is 0 Å². The maximum Gasteiger partial charge on any atom is 0.312 e. The van der Waals surface area contributed by atoms with Crippen molar-refractivity contribution in [1.29, 1.82) is 0 Å². The molecule has 0 bridgehead atoms. The first-order chi connectivity index (χ1) is 12.2. The largest absolute Gasteiger partial charge is 0.353 e. The van der Waals surface area contributed by atoms with Gasteiger partial charge in [0.05, 0.1) is 11.0 Å². The van der Waals surface area contributed by atoms with Crippen LogP contribution < -0.4 is 5.32 Å². The van der Waals surface area contributed by atoms with Crippen molar-refractivity contribution in [3.05, 3.63) is 57.1 Å². The zero-order chi connectivity index (χ0) is 19.4. The van der Waals surface area contributed by atoms with E-state index >= 15 is 0 Å². The van der Waals surface area contributed by atoms with Crippen LogP contribution in [0, 0.1) is 29.8 Å². The van der Waals surface area contributed by atoms with Crippen LogP contribution in [0.25, 0.3) is 0 Å². The maximum absolute atomic E-state index is 13.5. The highest BCUT2D eigenvalue weighted by molar-refractivity contribution is 5.75. The van der Waals surface area contributed by atoms with Gasteiger partial charge in [-0.2, -0.15) is 5.10 Å². The van der Waals surface area contributed by atoms with Crippen molar-refractivity contribution in [3.63, 3.8) is 0 Å². The molecule has 1 N–H and O–H groups in total. The van der Waals surface area contributed by atoms with Crippen molar-refractivity contribution in [2.24, 2.45) is 0 Å². The van der Waals surface area contributed by atoms with Crippen LogP contribution in [0.15, 0.2) is 24.3 Å². The second-order valence-electron chi connectivity index (χ2n) is 6.27. The second kappa shape index (κ2) is 8.05. The van der Waals surface area contributed by atoms with Crippen LogP contribution in [-0.4, -0.2) is 46.2 Å². The molecule has 1 heterocycles. The Hall–Kier alpha value is -2.81. The summed E-state index contributed by atoms with van der Waals surface area (Å²) in [6.07, 6.45) is 0. The van der Waals surface area contributed by atoms with Crippen molar-refractivity contribution < 1.29 is 14.1 Å². The first-order valence-electron chi connectivity index (χ1n) is 8.07. The van der Waals surface area contributed by atoms with Crippen LogP contribution in [0.3, 0.4) is 0 Å². The van der Waals surface area contributed by atoms with Gasteiger partial charge in [-0.15, -0.1) is 0 Å². The van der Waals surface area contributed by atoms with Gasteiger partial charge in [0.25, 0.3) is 0 Å². The molecule has 2 aromatic rings. The molecule has 140 valence electrons.